The second-order valence-electron chi connectivity index (χ2n) is 11.4. The molecule has 5 heterocycles. The van der Waals surface area contributed by atoms with Crippen molar-refractivity contribution in [2.45, 2.75) is 0 Å². The minimum absolute atomic E-state index is 0.843. The van der Waals surface area contributed by atoms with E-state index in [4.69, 9.17) is 18.8 Å². The lowest BCUT2D eigenvalue weighted by atomic mass is 10.0. The van der Waals surface area contributed by atoms with Crippen LogP contribution in [0.4, 0.5) is 0 Å². The number of fused-ring (bicyclic) bond motifs is 14. The highest BCUT2D eigenvalue weighted by molar-refractivity contribution is 6.32. The van der Waals surface area contributed by atoms with E-state index in [2.05, 4.69) is 71.1 Å². The molecular formula is C38H19N3O2. The summed E-state index contributed by atoms with van der Waals surface area (Å²) in [5, 5.41) is 7.83. The van der Waals surface area contributed by atoms with Crippen molar-refractivity contribution in [3.8, 4) is 11.1 Å². The Morgan fingerprint density at radius 2 is 1.16 bits per heavy atom. The van der Waals surface area contributed by atoms with E-state index in [0.717, 1.165) is 93.6 Å². The van der Waals surface area contributed by atoms with Gasteiger partial charge < -0.3 is 8.83 Å². The zero-order valence-corrected chi connectivity index (χ0v) is 22.6. The molecule has 0 aliphatic heterocycles. The molecule has 5 aromatic heterocycles. The fourth-order valence-electron chi connectivity index (χ4n) is 7.19. The Labute approximate surface area is 242 Å². The average Bonchev–Trinajstić information content (AvgIpc) is 3.79. The number of hydrogen-bond donors (Lipinski definition) is 0. The molecule has 198 valence electrons. The molecule has 43 heavy (non-hydrogen) atoms. The van der Waals surface area contributed by atoms with E-state index in [0.29, 0.717) is 0 Å². The van der Waals surface area contributed by atoms with Crippen LogP contribution in [0.1, 0.15) is 0 Å². The van der Waals surface area contributed by atoms with Crippen molar-refractivity contribution in [3.63, 3.8) is 0 Å². The average molecular weight is 550 g/mol. The fourth-order valence-corrected chi connectivity index (χ4v) is 7.19. The molecule has 0 amide bonds. The topological polar surface area (TPSA) is 56.5 Å². The van der Waals surface area contributed by atoms with E-state index < -0.39 is 0 Å². The van der Waals surface area contributed by atoms with Crippen LogP contribution in [0.25, 0.3) is 104 Å². The van der Waals surface area contributed by atoms with Crippen LogP contribution < -0.4 is 0 Å². The third-order valence-corrected chi connectivity index (χ3v) is 9.10. The van der Waals surface area contributed by atoms with Gasteiger partial charge >= 0.3 is 0 Å². The number of nitrogens with zero attached hydrogens (tertiary/aromatic N) is 3. The molecule has 11 aromatic rings. The van der Waals surface area contributed by atoms with Gasteiger partial charge in [-0.15, -0.1) is 0 Å². The fraction of sp³-hybridized carbons (Fsp3) is 0. The Kier molecular flexibility index (Phi) is 3.78. The first-order chi connectivity index (χ1) is 21.3. The zero-order chi connectivity index (χ0) is 27.8. The van der Waals surface area contributed by atoms with Gasteiger partial charge in [0.15, 0.2) is 5.65 Å². The highest BCUT2D eigenvalue weighted by Gasteiger charge is 2.25. The monoisotopic (exact) mass is 549 g/mol. The Morgan fingerprint density at radius 1 is 0.488 bits per heavy atom. The van der Waals surface area contributed by atoms with E-state index in [1.54, 1.807) is 0 Å². The molecule has 0 aliphatic rings. The Balaban J connectivity index is 1.30. The van der Waals surface area contributed by atoms with Gasteiger partial charge in [-0.05, 0) is 59.7 Å². The van der Waals surface area contributed by atoms with Crippen molar-refractivity contribution in [3.05, 3.63) is 115 Å². The SMILES string of the molecule is c1ccc2nc3c(nc2c1)c1c2oc4ccccc4c2cc2c4ccc(-c5ccc6oc7ccccc7c6c5)cc4n3c21. The molecule has 5 nitrogen and oxygen atoms in total. The Morgan fingerprint density at radius 3 is 2.02 bits per heavy atom. The lowest BCUT2D eigenvalue weighted by molar-refractivity contribution is 0.669. The van der Waals surface area contributed by atoms with Crippen molar-refractivity contribution in [1.29, 1.82) is 0 Å². The molecule has 6 aromatic carbocycles. The highest BCUT2D eigenvalue weighted by atomic mass is 16.3. The summed E-state index contributed by atoms with van der Waals surface area (Å²) >= 11 is 0. The number of aromatic nitrogens is 3. The smallest absolute Gasteiger partial charge is 0.165 e. The first-order valence-electron chi connectivity index (χ1n) is 14.4. The first-order valence-corrected chi connectivity index (χ1v) is 14.4. The Hall–Kier alpha value is -5.94. The number of benzene rings is 6. The molecule has 0 radical (unpaired) electrons. The second-order valence-corrected chi connectivity index (χ2v) is 11.4. The second kappa shape index (κ2) is 7.46. The predicted octanol–water partition coefficient (Wildman–Crippen LogP) is 10.2. The maximum absolute atomic E-state index is 6.55. The van der Waals surface area contributed by atoms with Crippen LogP contribution in [-0.4, -0.2) is 14.4 Å². The van der Waals surface area contributed by atoms with Gasteiger partial charge in [-0.2, -0.15) is 0 Å². The molecule has 0 unspecified atom stereocenters. The summed E-state index contributed by atoms with van der Waals surface area (Å²) in [4.78, 5) is 10.4. The molecule has 0 N–H and O–H groups in total. The van der Waals surface area contributed by atoms with Crippen molar-refractivity contribution in [2.24, 2.45) is 0 Å². The summed E-state index contributed by atoms with van der Waals surface area (Å²) in [6.07, 6.45) is 0. The quantitative estimate of drug-likeness (QED) is 0.204. The highest BCUT2D eigenvalue weighted by Crippen LogP contribution is 2.45. The number of rotatable bonds is 1. The van der Waals surface area contributed by atoms with E-state index in [9.17, 15) is 0 Å². The van der Waals surface area contributed by atoms with E-state index in [1.807, 2.05) is 48.5 Å². The van der Waals surface area contributed by atoms with Crippen LogP contribution in [0.5, 0.6) is 0 Å². The number of para-hydroxylation sites is 4. The third kappa shape index (κ3) is 2.67. The van der Waals surface area contributed by atoms with Crippen LogP contribution in [0.15, 0.2) is 124 Å². The van der Waals surface area contributed by atoms with E-state index in [-0.39, 0.29) is 0 Å². The standard InChI is InChI=1S/C38H19N3O2/c1-5-11-31-23(7-1)25-17-20(14-16-33(25)42-31)21-13-15-22-26-19-27-24-8-2-6-12-32(24)43-37(27)34-35-38(41(36(26)34)30(22)18-21)40-29-10-4-3-9-28(29)39-35/h1-19H. The Bertz CT molecular complexity index is 2960. The minimum Gasteiger partial charge on any atom is -0.456 e. The maximum atomic E-state index is 6.55. The van der Waals surface area contributed by atoms with Gasteiger partial charge in [0.25, 0.3) is 0 Å². The zero-order valence-electron chi connectivity index (χ0n) is 22.6. The third-order valence-electron chi connectivity index (χ3n) is 9.10. The molecule has 0 saturated heterocycles. The summed E-state index contributed by atoms with van der Waals surface area (Å²) in [6.45, 7) is 0. The maximum Gasteiger partial charge on any atom is 0.165 e. The van der Waals surface area contributed by atoms with Gasteiger partial charge in [-0.3, -0.25) is 4.40 Å². The van der Waals surface area contributed by atoms with Gasteiger partial charge in [0.05, 0.1) is 27.5 Å². The molecule has 0 bridgehead atoms. The summed E-state index contributed by atoms with van der Waals surface area (Å²) < 4.78 is 14.9. The van der Waals surface area contributed by atoms with Crippen molar-refractivity contribution < 1.29 is 8.83 Å². The number of hydrogen-bond acceptors (Lipinski definition) is 4. The molecule has 0 atom stereocenters. The summed E-state index contributed by atoms with van der Waals surface area (Å²) in [5.41, 5.74) is 11.5. The first kappa shape index (κ1) is 21.8. The van der Waals surface area contributed by atoms with Gasteiger partial charge in [0.1, 0.15) is 27.8 Å². The van der Waals surface area contributed by atoms with Gasteiger partial charge in [0, 0.05) is 32.3 Å². The van der Waals surface area contributed by atoms with Gasteiger partial charge in [-0.1, -0.05) is 66.7 Å². The van der Waals surface area contributed by atoms with Crippen LogP contribution >= 0.6 is 0 Å². The summed E-state index contributed by atoms with van der Waals surface area (Å²) in [5.74, 6) is 0. The largest absolute Gasteiger partial charge is 0.456 e. The minimum atomic E-state index is 0.843. The van der Waals surface area contributed by atoms with Crippen molar-refractivity contribution in [1.82, 2.24) is 14.4 Å². The van der Waals surface area contributed by atoms with E-state index in [1.165, 1.54) is 10.8 Å². The van der Waals surface area contributed by atoms with Crippen LogP contribution in [0.2, 0.25) is 0 Å². The lowest BCUT2D eigenvalue weighted by Crippen LogP contribution is -1.89. The van der Waals surface area contributed by atoms with Crippen molar-refractivity contribution >= 4 is 93.3 Å². The molecule has 0 saturated carbocycles. The van der Waals surface area contributed by atoms with Crippen LogP contribution in [-0.2, 0) is 0 Å². The molecule has 0 fully saturated rings. The van der Waals surface area contributed by atoms with E-state index >= 15 is 0 Å². The van der Waals surface area contributed by atoms with Gasteiger partial charge in [-0.25, -0.2) is 9.97 Å². The molecule has 0 aliphatic carbocycles. The normalized spacial score (nSPS) is 12.7. The molecule has 11 rings (SSSR count). The number of furan rings is 2. The molecule has 5 heteroatoms. The predicted molar refractivity (Wildman–Crippen MR) is 174 cm³/mol. The van der Waals surface area contributed by atoms with Crippen LogP contribution in [0, 0.1) is 0 Å². The van der Waals surface area contributed by atoms with Crippen molar-refractivity contribution in [2.75, 3.05) is 0 Å². The summed E-state index contributed by atoms with van der Waals surface area (Å²) in [6, 6.07) is 40.0. The van der Waals surface area contributed by atoms with Gasteiger partial charge in [0.2, 0.25) is 0 Å². The molecule has 0 spiro atoms. The summed E-state index contributed by atoms with van der Waals surface area (Å²) in [7, 11) is 0. The van der Waals surface area contributed by atoms with Crippen LogP contribution in [0.3, 0.4) is 0 Å². The molecular weight excluding hydrogens is 530 g/mol. The lowest BCUT2D eigenvalue weighted by Gasteiger charge is -2.05.